The van der Waals surface area contributed by atoms with Crippen molar-refractivity contribution in [3.8, 4) is 5.75 Å². The Bertz CT molecular complexity index is 931. The monoisotopic (exact) mass is 477 g/mol. The highest BCUT2D eigenvalue weighted by Crippen LogP contribution is 2.25. The van der Waals surface area contributed by atoms with Gasteiger partial charge in [0.15, 0.2) is 5.11 Å². The van der Waals surface area contributed by atoms with Gasteiger partial charge in [0, 0.05) is 22.3 Å². The summed E-state index contributed by atoms with van der Waals surface area (Å²) in [6, 6.07) is 10.7. The summed E-state index contributed by atoms with van der Waals surface area (Å²) < 4.78 is 6.48. The summed E-state index contributed by atoms with van der Waals surface area (Å²) in [5, 5.41) is 8.68. The minimum Gasteiger partial charge on any atom is -0.490 e. The van der Waals surface area contributed by atoms with E-state index in [0.717, 1.165) is 10.0 Å². The molecule has 0 aliphatic rings. The van der Waals surface area contributed by atoms with Crippen LogP contribution in [0.4, 0.5) is 11.4 Å². The Balaban J connectivity index is 2.14. The maximum absolute atomic E-state index is 12.7. The van der Waals surface area contributed by atoms with Crippen molar-refractivity contribution in [1.29, 1.82) is 0 Å². The standard InChI is InChI=1S/C21H24BrN3O3S/c1-5-19(26)23-16-7-6-8-17(13(16)4)24-21(29)25-20(27)15-11-14(22)9-10-18(15)28-12(2)3/h6-12H,5H2,1-4H3,(H,23,26)(H2,24,25,27,29). The van der Waals surface area contributed by atoms with E-state index in [9.17, 15) is 9.59 Å². The van der Waals surface area contributed by atoms with Crippen molar-refractivity contribution < 1.29 is 14.3 Å². The first-order valence-electron chi connectivity index (χ1n) is 9.19. The molecule has 0 unspecified atom stereocenters. The summed E-state index contributed by atoms with van der Waals surface area (Å²) in [6.45, 7) is 7.43. The number of thiocarbonyl (C=S) groups is 1. The molecule has 0 bridgehead atoms. The highest BCUT2D eigenvalue weighted by molar-refractivity contribution is 9.10. The van der Waals surface area contributed by atoms with Crippen LogP contribution in [0.25, 0.3) is 0 Å². The first kappa shape index (κ1) is 22.8. The Morgan fingerprint density at radius 1 is 1.14 bits per heavy atom. The summed E-state index contributed by atoms with van der Waals surface area (Å²) in [4.78, 5) is 24.4. The molecule has 0 fully saturated rings. The topological polar surface area (TPSA) is 79.5 Å². The van der Waals surface area contributed by atoms with Gasteiger partial charge in [0.25, 0.3) is 5.91 Å². The molecule has 154 valence electrons. The number of benzene rings is 2. The third-order valence-corrected chi connectivity index (χ3v) is 4.65. The number of rotatable bonds is 6. The smallest absolute Gasteiger partial charge is 0.261 e. The van der Waals surface area contributed by atoms with Crippen molar-refractivity contribution in [3.05, 3.63) is 52.0 Å². The number of halogens is 1. The van der Waals surface area contributed by atoms with Crippen molar-refractivity contribution in [3.63, 3.8) is 0 Å². The van der Waals surface area contributed by atoms with Gasteiger partial charge >= 0.3 is 0 Å². The van der Waals surface area contributed by atoms with Crippen molar-refractivity contribution in [2.75, 3.05) is 10.6 Å². The molecule has 2 amide bonds. The minimum atomic E-state index is -0.382. The molecule has 0 saturated carbocycles. The van der Waals surface area contributed by atoms with Crippen LogP contribution in [-0.4, -0.2) is 23.0 Å². The Morgan fingerprint density at radius 3 is 2.41 bits per heavy atom. The van der Waals surface area contributed by atoms with Gasteiger partial charge in [-0.2, -0.15) is 0 Å². The first-order chi connectivity index (χ1) is 13.7. The normalized spacial score (nSPS) is 10.4. The van der Waals surface area contributed by atoms with Gasteiger partial charge in [-0.15, -0.1) is 0 Å². The molecule has 0 saturated heterocycles. The molecule has 2 aromatic carbocycles. The third-order valence-electron chi connectivity index (χ3n) is 3.95. The number of carbonyl (C=O) groups is 2. The van der Waals surface area contributed by atoms with Gasteiger partial charge in [0.1, 0.15) is 5.75 Å². The molecule has 0 aliphatic carbocycles. The van der Waals surface area contributed by atoms with E-state index < -0.39 is 0 Å². The number of hydrogen-bond donors (Lipinski definition) is 3. The predicted molar refractivity (Wildman–Crippen MR) is 124 cm³/mol. The van der Waals surface area contributed by atoms with Crippen LogP contribution in [0.5, 0.6) is 5.75 Å². The summed E-state index contributed by atoms with van der Waals surface area (Å²) in [5.74, 6) is 0.0185. The third kappa shape index (κ3) is 6.54. The summed E-state index contributed by atoms with van der Waals surface area (Å²) >= 11 is 8.68. The van der Waals surface area contributed by atoms with Crippen LogP contribution in [0, 0.1) is 6.92 Å². The second kappa shape index (κ2) is 10.4. The average Bonchev–Trinajstić information content (AvgIpc) is 2.65. The quantitative estimate of drug-likeness (QED) is 0.509. The van der Waals surface area contributed by atoms with E-state index in [4.69, 9.17) is 17.0 Å². The van der Waals surface area contributed by atoms with E-state index in [2.05, 4.69) is 31.9 Å². The second-order valence-corrected chi connectivity index (χ2v) is 7.92. The number of ether oxygens (including phenoxy) is 1. The van der Waals surface area contributed by atoms with Crippen LogP contribution in [0.3, 0.4) is 0 Å². The molecule has 29 heavy (non-hydrogen) atoms. The van der Waals surface area contributed by atoms with Gasteiger partial charge < -0.3 is 15.4 Å². The lowest BCUT2D eigenvalue weighted by Crippen LogP contribution is -2.34. The zero-order valence-electron chi connectivity index (χ0n) is 16.8. The molecular weight excluding hydrogens is 454 g/mol. The molecule has 0 heterocycles. The maximum atomic E-state index is 12.7. The molecule has 8 heteroatoms. The van der Waals surface area contributed by atoms with Crippen LogP contribution >= 0.6 is 28.1 Å². The van der Waals surface area contributed by atoms with E-state index in [1.165, 1.54) is 0 Å². The Labute approximate surface area is 184 Å². The average molecular weight is 478 g/mol. The lowest BCUT2D eigenvalue weighted by molar-refractivity contribution is -0.115. The number of nitrogens with one attached hydrogen (secondary N) is 3. The van der Waals surface area contributed by atoms with Crippen LogP contribution < -0.4 is 20.7 Å². The predicted octanol–water partition coefficient (Wildman–Crippen LogP) is 5.02. The van der Waals surface area contributed by atoms with Crippen molar-refractivity contribution in [2.45, 2.75) is 40.2 Å². The molecule has 3 N–H and O–H groups in total. The number of amides is 2. The zero-order valence-corrected chi connectivity index (χ0v) is 19.2. The van der Waals surface area contributed by atoms with Crippen molar-refractivity contribution in [2.24, 2.45) is 0 Å². The molecule has 6 nitrogen and oxygen atoms in total. The van der Waals surface area contributed by atoms with Crippen molar-refractivity contribution >= 4 is 56.4 Å². The second-order valence-electron chi connectivity index (χ2n) is 6.60. The van der Waals surface area contributed by atoms with Crippen LogP contribution in [0.1, 0.15) is 43.1 Å². The molecule has 0 atom stereocenters. The Kier molecular flexibility index (Phi) is 8.16. The fourth-order valence-corrected chi connectivity index (χ4v) is 3.07. The van der Waals surface area contributed by atoms with Crippen LogP contribution in [0.2, 0.25) is 0 Å². The molecule has 2 rings (SSSR count). The van der Waals surface area contributed by atoms with Gasteiger partial charge in [-0.3, -0.25) is 14.9 Å². The lowest BCUT2D eigenvalue weighted by Gasteiger charge is -2.17. The lowest BCUT2D eigenvalue weighted by atomic mass is 10.1. The van der Waals surface area contributed by atoms with E-state index >= 15 is 0 Å². The van der Waals surface area contributed by atoms with Crippen LogP contribution in [-0.2, 0) is 4.79 Å². The van der Waals surface area contributed by atoms with Crippen molar-refractivity contribution in [1.82, 2.24) is 5.32 Å². The number of anilines is 2. The number of carbonyl (C=O) groups excluding carboxylic acids is 2. The summed E-state index contributed by atoms with van der Waals surface area (Å²) in [5.41, 5.74) is 2.57. The Hall–Kier alpha value is -2.45. The largest absolute Gasteiger partial charge is 0.490 e. The molecule has 2 aromatic rings. The highest BCUT2D eigenvalue weighted by Gasteiger charge is 2.16. The molecule has 0 aliphatic heterocycles. The van der Waals surface area contributed by atoms with E-state index in [0.29, 0.717) is 29.1 Å². The SMILES string of the molecule is CCC(=O)Nc1cccc(NC(=S)NC(=O)c2cc(Br)ccc2OC(C)C)c1C. The number of hydrogen-bond acceptors (Lipinski definition) is 4. The minimum absolute atomic E-state index is 0.0727. The molecule has 0 aromatic heterocycles. The van der Waals surface area contributed by atoms with Gasteiger partial charge in [-0.05, 0) is 68.9 Å². The molecule has 0 spiro atoms. The van der Waals surface area contributed by atoms with Gasteiger partial charge in [0.2, 0.25) is 5.91 Å². The fraction of sp³-hybridized carbons (Fsp3) is 0.286. The van der Waals surface area contributed by atoms with E-state index in [1.807, 2.05) is 39.0 Å². The Morgan fingerprint density at radius 2 is 1.79 bits per heavy atom. The van der Waals surface area contributed by atoms with Crippen LogP contribution in [0.15, 0.2) is 40.9 Å². The zero-order chi connectivity index (χ0) is 21.6. The molecular formula is C21H24BrN3O3S. The van der Waals surface area contributed by atoms with E-state index in [1.54, 1.807) is 25.1 Å². The first-order valence-corrected chi connectivity index (χ1v) is 10.4. The van der Waals surface area contributed by atoms with Gasteiger partial charge in [-0.25, -0.2) is 0 Å². The maximum Gasteiger partial charge on any atom is 0.261 e. The van der Waals surface area contributed by atoms with E-state index in [-0.39, 0.29) is 23.0 Å². The molecule has 0 radical (unpaired) electrons. The summed E-state index contributed by atoms with van der Waals surface area (Å²) in [6.07, 6.45) is 0.315. The van der Waals surface area contributed by atoms with Gasteiger partial charge in [0.05, 0.1) is 11.7 Å². The highest BCUT2D eigenvalue weighted by atomic mass is 79.9. The van der Waals surface area contributed by atoms with Gasteiger partial charge in [-0.1, -0.05) is 28.9 Å². The fourth-order valence-electron chi connectivity index (χ4n) is 2.51. The summed E-state index contributed by atoms with van der Waals surface area (Å²) in [7, 11) is 0.